The Kier molecular flexibility index (Phi) is 10.7. The SMILES string of the molecule is CCCC(C)/C(C(=NC)C(CC)CC)=C(\C)C(CC)CC. The third-order valence-corrected chi connectivity index (χ3v) is 5.13. The van der Waals surface area contributed by atoms with Crippen molar-refractivity contribution < 1.29 is 0 Å². The van der Waals surface area contributed by atoms with E-state index in [1.165, 1.54) is 44.2 Å². The van der Waals surface area contributed by atoms with Crippen molar-refractivity contribution in [3.8, 4) is 0 Å². The van der Waals surface area contributed by atoms with Gasteiger partial charge in [-0.05, 0) is 56.4 Å². The largest absolute Gasteiger partial charge is 0.293 e. The molecule has 1 nitrogen and oxygen atoms in total. The minimum Gasteiger partial charge on any atom is -0.293 e. The summed E-state index contributed by atoms with van der Waals surface area (Å²) in [7, 11) is 1.99. The zero-order chi connectivity index (χ0) is 16.4. The van der Waals surface area contributed by atoms with Crippen LogP contribution in [0.25, 0.3) is 0 Å². The standard InChI is InChI=1S/C20H39N/c1-9-14-15(6)19(16(7)17(10-2)11-3)20(21-8)18(12-4)13-5/h15,17-18H,9-14H2,1-8H3/b19-16-,21-20?. The molecule has 0 spiro atoms. The zero-order valence-corrected chi connectivity index (χ0v) is 15.9. The van der Waals surface area contributed by atoms with Gasteiger partial charge in [0.25, 0.3) is 0 Å². The predicted molar refractivity (Wildman–Crippen MR) is 98.3 cm³/mol. The molecule has 0 aliphatic heterocycles. The minimum absolute atomic E-state index is 0.619. The Balaban J connectivity index is 5.85. The summed E-state index contributed by atoms with van der Waals surface area (Å²) in [6.07, 6.45) is 7.39. The highest BCUT2D eigenvalue weighted by molar-refractivity contribution is 6.02. The summed E-state index contributed by atoms with van der Waals surface area (Å²) in [5.41, 5.74) is 4.58. The van der Waals surface area contributed by atoms with E-state index in [4.69, 9.17) is 4.99 Å². The fourth-order valence-corrected chi connectivity index (χ4v) is 3.74. The molecule has 21 heavy (non-hydrogen) atoms. The van der Waals surface area contributed by atoms with E-state index < -0.39 is 0 Å². The van der Waals surface area contributed by atoms with Crippen molar-refractivity contribution in [3.05, 3.63) is 11.1 Å². The van der Waals surface area contributed by atoms with Crippen LogP contribution in [0.1, 0.15) is 87.0 Å². The fourth-order valence-electron chi connectivity index (χ4n) is 3.74. The second-order valence-corrected chi connectivity index (χ2v) is 6.42. The molecular formula is C20H39N. The molecule has 0 fully saturated rings. The van der Waals surface area contributed by atoms with Gasteiger partial charge < -0.3 is 0 Å². The lowest BCUT2D eigenvalue weighted by atomic mass is 9.78. The number of hydrogen-bond donors (Lipinski definition) is 0. The van der Waals surface area contributed by atoms with Crippen molar-refractivity contribution in [2.24, 2.45) is 22.7 Å². The first-order valence-electron chi connectivity index (χ1n) is 9.19. The van der Waals surface area contributed by atoms with Gasteiger partial charge in [0, 0.05) is 18.7 Å². The molecule has 0 heterocycles. The molecule has 0 radical (unpaired) electrons. The van der Waals surface area contributed by atoms with Gasteiger partial charge >= 0.3 is 0 Å². The molecule has 0 amide bonds. The Morgan fingerprint density at radius 2 is 1.33 bits per heavy atom. The van der Waals surface area contributed by atoms with E-state index in [2.05, 4.69) is 48.5 Å². The quantitative estimate of drug-likeness (QED) is 0.398. The van der Waals surface area contributed by atoms with Crippen LogP contribution in [0.2, 0.25) is 0 Å². The molecule has 0 bridgehead atoms. The first kappa shape index (κ1) is 20.4. The number of nitrogens with zero attached hydrogens (tertiary/aromatic N) is 1. The number of rotatable bonds is 10. The molecule has 0 aliphatic carbocycles. The zero-order valence-electron chi connectivity index (χ0n) is 15.9. The van der Waals surface area contributed by atoms with Gasteiger partial charge in [-0.3, -0.25) is 4.99 Å². The molecule has 0 saturated carbocycles. The van der Waals surface area contributed by atoms with Crippen LogP contribution in [0.3, 0.4) is 0 Å². The maximum Gasteiger partial charge on any atom is 0.0409 e. The molecular weight excluding hydrogens is 254 g/mol. The summed E-state index contributed by atoms with van der Waals surface area (Å²) in [5, 5.41) is 0. The lowest BCUT2D eigenvalue weighted by molar-refractivity contribution is 0.537. The van der Waals surface area contributed by atoms with E-state index >= 15 is 0 Å². The van der Waals surface area contributed by atoms with E-state index in [-0.39, 0.29) is 0 Å². The average molecular weight is 294 g/mol. The van der Waals surface area contributed by atoms with Crippen LogP contribution in [-0.2, 0) is 0 Å². The molecule has 0 aromatic rings. The Bertz CT molecular complexity index is 330. The van der Waals surface area contributed by atoms with Crippen LogP contribution >= 0.6 is 0 Å². The van der Waals surface area contributed by atoms with Crippen LogP contribution in [0, 0.1) is 17.8 Å². The number of hydrogen-bond acceptors (Lipinski definition) is 1. The van der Waals surface area contributed by atoms with Crippen molar-refractivity contribution in [2.75, 3.05) is 7.05 Å². The van der Waals surface area contributed by atoms with Gasteiger partial charge in [0.15, 0.2) is 0 Å². The summed E-state index contributed by atoms with van der Waals surface area (Å²) in [4.78, 5) is 4.76. The van der Waals surface area contributed by atoms with Gasteiger partial charge in [0.1, 0.15) is 0 Å². The Labute approximate surface area is 134 Å². The number of aliphatic imine (C=N–C) groups is 1. The fraction of sp³-hybridized carbons (Fsp3) is 0.850. The molecule has 0 rings (SSSR count). The lowest BCUT2D eigenvalue weighted by Gasteiger charge is -2.28. The van der Waals surface area contributed by atoms with Crippen molar-refractivity contribution >= 4 is 5.71 Å². The van der Waals surface area contributed by atoms with Crippen molar-refractivity contribution in [1.29, 1.82) is 0 Å². The van der Waals surface area contributed by atoms with Gasteiger partial charge in [-0.25, -0.2) is 0 Å². The van der Waals surface area contributed by atoms with E-state index in [0.29, 0.717) is 17.8 Å². The summed E-state index contributed by atoms with van der Waals surface area (Å²) < 4.78 is 0. The predicted octanol–water partition coefficient (Wildman–Crippen LogP) is 6.68. The molecule has 124 valence electrons. The van der Waals surface area contributed by atoms with Crippen molar-refractivity contribution in [1.82, 2.24) is 0 Å². The minimum atomic E-state index is 0.619. The molecule has 0 N–H and O–H groups in total. The average Bonchev–Trinajstić information content (AvgIpc) is 2.48. The van der Waals surface area contributed by atoms with Gasteiger partial charge in [-0.15, -0.1) is 0 Å². The van der Waals surface area contributed by atoms with Crippen LogP contribution in [-0.4, -0.2) is 12.8 Å². The van der Waals surface area contributed by atoms with Gasteiger partial charge in [-0.1, -0.05) is 53.5 Å². The van der Waals surface area contributed by atoms with Gasteiger partial charge in [0.05, 0.1) is 0 Å². The molecule has 1 unspecified atom stereocenters. The highest BCUT2D eigenvalue weighted by Crippen LogP contribution is 2.32. The summed E-state index contributed by atoms with van der Waals surface area (Å²) in [6, 6.07) is 0. The normalized spacial score (nSPS) is 15.6. The van der Waals surface area contributed by atoms with Crippen molar-refractivity contribution in [3.63, 3.8) is 0 Å². The maximum atomic E-state index is 4.76. The lowest BCUT2D eigenvalue weighted by Crippen LogP contribution is -2.23. The van der Waals surface area contributed by atoms with Gasteiger partial charge in [-0.2, -0.15) is 0 Å². The summed E-state index contributed by atoms with van der Waals surface area (Å²) in [6.45, 7) is 16.3. The summed E-state index contributed by atoms with van der Waals surface area (Å²) >= 11 is 0. The van der Waals surface area contributed by atoms with Crippen LogP contribution in [0.4, 0.5) is 0 Å². The highest BCUT2D eigenvalue weighted by atomic mass is 14.7. The third kappa shape index (κ3) is 5.60. The summed E-state index contributed by atoms with van der Waals surface area (Å²) in [5.74, 6) is 1.97. The second-order valence-electron chi connectivity index (χ2n) is 6.42. The topological polar surface area (TPSA) is 12.4 Å². The Morgan fingerprint density at radius 1 is 0.857 bits per heavy atom. The molecule has 0 aromatic heterocycles. The number of allylic oxidation sites excluding steroid dienone is 2. The smallest absolute Gasteiger partial charge is 0.0409 e. The van der Waals surface area contributed by atoms with E-state index in [9.17, 15) is 0 Å². The van der Waals surface area contributed by atoms with E-state index in [1.807, 2.05) is 7.05 Å². The van der Waals surface area contributed by atoms with Crippen LogP contribution in [0.5, 0.6) is 0 Å². The van der Waals surface area contributed by atoms with Crippen molar-refractivity contribution in [2.45, 2.75) is 87.0 Å². The molecule has 0 saturated heterocycles. The molecule has 1 heteroatoms. The first-order valence-corrected chi connectivity index (χ1v) is 9.19. The van der Waals surface area contributed by atoms with Gasteiger partial charge in [0.2, 0.25) is 0 Å². The molecule has 1 atom stereocenters. The van der Waals surface area contributed by atoms with Crippen LogP contribution < -0.4 is 0 Å². The first-order chi connectivity index (χ1) is 10.0. The Morgan fingerprint density at radius 3 is 1.67 bits per heavy atom. The molecule has 0 aromatic carbocycles. The third-order valence-electron chi connectivity index (χ3n) is 5.13. The Hall–Kier alpha value is -0.590. The van der Waals surface area contributed by atoms with E-state index in [0.717, 1.165) is 0 Å². The molecule has 0 aliphatic rings. The monoisotopic (exact) mass is 293 g/mol. The second kappa shape index (κ2) is 11.0. The maximum absolute atomic E-state index is 4.76. The van der Waals surface area contributed by atoms with E-state index in [1.54, 1.807) is 11.1 Å². The highest BCUT2D eigenvalue weighted by Gasteiger charge is 2.24. The van der Waals surface area contributed by atoms with Crippen LogP contribution in [0.15, 0.2) is 16.1 Å².